The van der Waals surface area contributed by atoms with Crippen LogP contribution in [-0.4, -0.2) is 4.98 Å². The third kappa shape index (κ3) is 3.46. The molecule has 0 unspecified atom stereocenters. The number of hydrogen-bond donors (Lipinski definition) is 2. The zero-order chi connectivity index (χ0) is 21.5. The van der Waals surface area contributed by atoms with Crippen LogP contribution < -0.4 is 15.6 Å². The second-order valence-corrected chi connectivity index (χ2v) is 8.13. The van der Waals surface area contributed by atoms with Gasteiger partial charge in [-0.1, -0.05) is 35.9 Å². The van der Waals surface area contributed by atoms with E-state index in [9.17, 15) is 0 Å². The van der Waals surface area contributed by atoms with E-state index in [0.717, 1.165) is 55.9 Å². The average Bonchev–Trinajstić information content (AvgIpc) is 2.76. The van der Waals surface area contributed by atoms with Gasteiger partial charge in [-0.05, 0) is 56.2 Å². The van der Waals surface area contributed by atoms with E-state index in [1.54, 1.807) is 0 Å². The highest BCUT2D eigenvalue weighted by molar-refractivity contribution is 5.88. The molecular formula is C27H25N4+. The highest BCUT2D eigenvalue weighted by atomic mass is 15.0. The van der Waals surface area contributed by atoms with Gasteiger partial charge in [-0.3, -0.25) is 0 Å². The molecule has 1 aromatic heterocycles. The fourth-order valence-corrected chi connectivity index (χ4v) is 4.02. The Bertz CT molecular complexity index is 1420. The lowest BCUT2D eigenvalue weighted by atomic mass is 10.1. The fraction of sp³-hybridized carbons (Fsp3) is 0.111. The van der Waals surface area contributed by atoms with Crippen LogP contribution in [0.3, 0.4) is 0 Å². The normalized spacial score (nSPS) is 11.2. The second-order valence-electron chi connectivity index (χ2n) is 8.13. The van der Waals surface area contributed by atoms with E-state index >= 15 is 0 Å². The van der Waals surface area contributed by atoms with Crippen molar-refractivity contribution in [2.45, 2.75) is 20.8 Å². The van der Waals surface area contributed by atoms with Crippen LogP contribution in [0.5, 0.6) is 0 Å². The summed E-state index contributed by atoms with van der Waals surface area (Å²) < 4.78 is 2.25. The van der Waals surface area contributed by atoms with Crippen LogP contribution in [0.1, 0.15) is 16.7 Å². The van der Waals surface area contributed by atoms with Crippen LogP contribution in [0.15, 0.2) is 78.9 Å². The number of benzene rings is 4. The van der Waals surface area contributed by atoms with E-state index in [2.05, 4.69) is 90.5 Å². The van der Waals surface area contributed by atoms with Gasteiger partial charge in [0.05, 0.1) is 0 Å². The van der Waals surface area contributed by atoms with Crippen LogP contribution in [-0.2, 0) is 0 Å². The SMILES string of the molecule is Cc1ccc(Nc2cc(C)c3nc4cc(C)c(N)cc4[n+](-c4ccccc4)c3c2)cc1. The Hall–Kier alpha value is -3.92. The van der Waals surface area contributed by atoms with Gasteiger partial charge in [0.2, 0.25) is 16.7 Å². The molecule has 0 fully saturated rings. The summed E-state index contributed by atoms with van der Waals surface area (Å²) in [5.41, 5.74) is 17.6. The molecule has 0 amide bonds. The standard InChI is InChI=1S/C27H24N4/c1-17-9-11-20(12-10-17)29-21-13-19(3)27-26(15-21)31(22-7-5-4-6-8-22)25-16-23(28)18(2)14-24(25)30-27/h4-16H,1-3H3,(H2,28,29)/p+1. The van der Waals surface area contributed by atoms with Crippen LogP contribution in [0.4, 0.5) is 17.1 Å². The van der Waals surface area contributed by atoms with Crippen LogP contribution in [0, 0.1) is 20.8 Å². The molecule has 4 heteroatoms. The minimum Gasteiger partial charge on any atom is -0.398 e. The number of nitrogens with one attached hydrogen (secondary N) is 1. The summed E-state index contributed by atoms with van der Waals surface area (Å²) in [5.74, 6) is 0. The van der Waals surface area contributed by atoms with Gasteiger partial charge in [-0.2, -0.15) is 0 Å². The summed E-state index contributed by atoms with van der Waals surface area (Å²) >= 11 is 0. The van der Waals surface area contributed by atoms with Crippen molar-refractivity contribution in [3.05, 3.63) is 95.6 Å². The van der Waals surface area contributed by atoms with E-state index in [4.69, 9.17) is 10.7 Å². The Morgan fingerprint density at radius 1 is 0.742 bits per heavy atom. The van der Waals surface area contributed by atoms with E-state index < -0.39 is 0 Å². The van der Waals surface area contributed by atoms with E-state index in [1.807, 2.05) is 19.1 Å². The molecule has 4 aromatic carbocycles. The lowest BCUT2D eigenvalue weighted by Crippen LogP contribution is -2.33. The number of anilines is 3. The number of hydrogen-bond acceptors (Lipinski definition) is 3. The number of aryl methyl sites for hydroxylation is 3. The first-order valence-corrected chi connectivity index (χ1v) is 10.4. The second kappa shape index (κ2) is 7.40. The molecule has 1 heterocycles. The van der Waals surface area contributed by atoms with E-state index in [-0.39, 0.29) is 0 Å². The molecule has 0 bridgehead atoms. The van der Waals surface area contributed by atoms with E-state index in [0.29, 0.717) is 0 Å². The van der Waals surface area contributed by atoms with Gasteiger partial charge < -0.3 is 11.1 Å². The molecule has 5 rings (SSSR count). The maximum absolute atomic E-state index is 6.30. The minimum atomic E-state index is 0.768. The Morgan fingerprint density at radius 3 is 2.23 bits per heavy atom. The topological polar surface area (TPSA) is 54.8 Å². The zero-order valence-corrected chi connectivity index (χ0v) is 18.0. The van der Waals surface area contributed by atoms with Gasteiger partial charge in [0, 0.05) is 41.3 Å². The highest BCUT2D eigenvalue weighted by Crippen LogP contribution is 2.27. The van der Waals surface area contributed by atoms with Crippen molar-refractivity contribution < 1.29 is 4.57 Å². The van der Waals surface area contributed by atoms with Crippen molar-refractivity contribution in [1.29, 1.82) is 0 Å². The van der Waals surface area contributed by atoms with Gasteiger partial charge in [0.15, 0.2) is 0 Å². The summed E-state index contributed by atoms with van der Waals surface area (Å²) in [6.45, 7) is 6.23. The van der Waals surface area contributed by atoms with Crippen molar-refractivity contribution >= 4 is 39.1 Å². The van der Waals surface area contributed by atoms with Crippen molar-refractivity contribution in [1.82, 2.24) is 4.98 Å². The number of fused-ring (bicyclic) bond motifs is 2. The number of para-hydroxylation sites is 1. The van der Waals surface area contributed by atoms with Gasteiger partial charge >= 0.3 is 0 Å². The fourth-order valence-electron chi connectivity index (χ4n) is 4.02. The Morgan fingerprint density at radius 2 is 1.48 bits per heavy atom. The summed E-state index contributed by atoms with van der Waals surface area (Å²) in [5, 5.41) is 3.55. The number of nitrogen functional groups attached to an aromatic ring is 1. The van der Waals surface area contributed by atoms with Crippen molar-refractivity contribution in [2.24, 2.45) is 0 Å². The Labute approximate surface area is 182 Å². The molecule has 3 N–H and O–H groups in total. The number of rotatable bonds is 3. The molecule has 0 saturated heterocycles. The monoisotopic (exact) mass is 405 g/mol. The van der Waals surface area contributed by atoms with Crippen LogP contribution in [0.25, 0.3) is 27.8 Å². The van der Waals surface area contributed by atoms with Gasteiger partial charge in [-0.15, -0.1) is 4.57 Å². The lowest BCUT2D eigenvalue weighted by molar-refractivity contribution is -0.538. The first-order chi connectivity index (χ1) is 15.0. The lowest BCUT2D eigenvalue weighted by Gasteiger charge is -2.12. The molecule has 4 nitrogen and oxygen atoms in total. The number of nitrogens with two attached hydrogens (primary N) is 1. The molecule has 0 aliphatic rings. The quantitative estimate of drug-likeness (QED) is 0.223. The Kier molecular flexibility index (Phi) is 4.55. The van der Waals surface area contributed by atoms with Crippen molar-refractivity contribution in [2.75, 3.05) is 11.1 Å². The number of nitrogens with zero attached hydrogens (tertiary/aromatic N) is 2. The van der Waals surface area contributed by atoms with Crippen LogP contribution >= 0.6 is 0 Å². The summed E-state index contributed by atoms with van der Waals surface area (Å²) in [6.07, 6.45) is 0. The molecule has 152 valence electrons. The van der Waals surface area contributed by atoms with Gasteiger partial charge in [0.25, 0.3) is 0 Å². The summed E-state index contributed by atoms with van der Waals surface area (Å²) in [6, 6.07) is 27.2. The van der Waals surface area contributed by atoms with E-state index in [1.165, 1.54) is 5.56 Å². The predicted octanol–water partition coefficient (Wildman–Crippen LogP) is 5.92. The largest absolute Gasteiger partial charge is 0.398 e. The first-order valence-electron chi connectivity index (χ1n) is 10.4. The minimum absolute atomic E-state index is 0.768. The maximum atomic E-state index is 6.30. The summed E-state index contributed by atoms with van der Waals surface area (Å²) in [4.78, 5) is 5.02. The first kappa shape index (κ1) is 19.1. The van der Waals surface area contributed by atoms with Crippen molar-refractivity contribution in [3.8, 4) is 5.69 Å². The third-order valence-corrected chi connectivity index (χ3v) is 5.71. The number of aromatic nitrogens is 2. The van der Waals surface area contributed by atoms with Crippen LogP contribution in [0.2, 0.25) is 0 Å². The molecule has 0 aliphatic heterocycles. The summed E-state index contributed by atoms with van der Waals surface area (Å²) in [7, 11) is 0. The highest BCUT2D eigenvalue weighted by Gasteiger charge is 2.22. The maximum Gasteiger partial charge on any atom is 0.239 e. The predicted molar refractivity (Wildman–Crippen MR) is 129 cm³/mol. The molecule has 0 aliphatic carbocycles. The Balaban J connectivity index is 1.81. The molecule has 31 heavy (non-hydrogen) atoms. The third-order valence-electron chi connectivity index (χ3n) is 5.71. The van der Waals surface area contributed by atoms with Gasteiger partial charge in [0.1, 0.15) is 11.0 Å². The zero-order valence-electron chi connectivity index (χ0n) is 18.0. The van der Waals surface area contributed by atoms with Crippen molar-refractivity contribution in [3.63, 3.8) is 0 Å². The molecule has 0 atom stereocenters. The van der Waals surface area contributed by atoms with Gasteiger partial charge in [-0.25, -0.2) is 4.98 Å². The molecule has 0 radical (unpaired) electrons. The molecule has 5 aromatic rings. The molecule has 0 saturated carbocycles. The average molecular weight is 406 g/mol. The smallest absolute Gasteiger partial charge is 0.239 e. The molecule has 0 spiro atoms. The molecular weight excluding hydrogens is 380 g/mol.